The molecule has 26 heavy (non-hydrogen) atoms. The Hall–Kier alpha value is -3.08. The maximum atomic E-state index is 13.2. The van der Waals surface area contributed by atoms with E-state index in [4.69, 9.17) is 4.74 Å². The number of rotatable bonds is 4. The van der Waals surface area contributed by atoms with Gasteiger partial charge in [0.15, 0.2) is 0 Å². The monoisotopic (exact) mass is 347 g/mol. The Morgan fingerprint density at radius 2 is 1.92 bits per heavy atom. The maximum Gasteiger partial charge on any atom is 0.228 e. The van der Waals surface area contributed by atoms with Crippen molar-refractivity contribution in [2.24, 2.45) is 0 Å². The summed E-state index contributed by atoms with van der Waals surface area (Å²) in [6, 6.07) is 17.9. The molecule has 0 bridgehead atoms. The van der Waals surface area contributed by atoms with Crippen LogP contribution in [0.1, 0.15) is 23.0 Å². The van der Waals surface area contributed by atoms with Gasteiger partial charge in [-0.25, -0.2) is 4.98 Å². The van der Waals surface area contributed by atoms with Crippen LogP contribution in [-0.4, -0.2) is 27.5 Å². The van der Waals surface area contributed by atoms with Gasteiger partial charge in [-0.1, -0.05) is 48.5 Å². The quantitative estimate of drug-likeness (QED) is 0.728. The smallest absolute Gasteiger partial charge is 0.228 e. The van der Waals surface area contributed by atoms with Gasteiger partial charge in [-0.15, -0.1) is 0 Å². The number of carbonyl (C=O) groups excluding carboxylic acids is 1. The first kappa shape index (κ1) is 16.4. The normalized spacial score (nSPS) is 16.2. The van der Waals surface area contributed by atoms with Gasteiger partial charge < -0.3 is 14.2 Å². The van der Waals surface area contributed by atoms with Gasteiger partial charge in [0.1, 0.15) is 11.6 Å². The third kappa shape index (κ3) is 3.08. The van der Waals surface area contributed by atoms with Crippen molar-refractivity contribution in [1.29, 1.82) is 0 Å². The number of fused-ring (bicyclic) bond motifs is 1. The van der Waals surface area contributed by atoms with Gasteiger partial charge >= 0.3 is 0 Å². The van der Waals surface area contributed by atoms with E-state index in [9.17, 15) is 4.79 Å². The van der Waals surface area contributed by atoms with Crippen LogP contribution in [0, 0.1) is 0 Å². The second-order valence-corrected chi connectivity index (χ2v) is 6.43. The minimum atomic E-state index is 0.0000992. The Morgan fingerprint density at radius 3 is 2.73 bits per heavy atom. The molecule has 3 aromatic rings. The predicted octanol–water partition coefficient (Wildman–Crippen LogP) is 3.22. The largest absolute Gasteiger partial charge is 0.496 e. The van der Waals surface area contributed by atoms with E-state index in [1.807, 2.05) is 53.6 Å². The van der Waals surface area contributed by atoms with Gasteiger partial charge in [0, 0.05) is 24.5 Å². The molecule has 1 aromatic heterocycles. The van der Waals surface area contributed by atoms with Gasteiger partial charge in [-0.05, 0) is 11.6 Å². The highest BCUT2D eigenvalue weighted by atomic mass is 16.5. The topological polar surface area (TPSA) is 47.4 Å². The average molecular weight is 347 g/mol. The number of amides is 1. The number of hydrogen-bond acceptors (Lipinski definition) is 3. The highest BCUT2D eigenvalue weighted by molar-refractivity contribution is 5.80. The average Bonchev–Trinajstić information content (AvgIpc) is 3.15. The summed E-state index contributed by atoms with van der Waals surface area (Å²) in [4.78, 5) is 19.5. The molecule has 1 atom stereocenters. The molecule has 0 spiro atoms. The van der Waals surface area contributed by atoms with Crippen LogP contribution >= 0.6 is 0 Å². The third-order valence-corrected chi connectivity index (χ3v) is 4.90. The molecule has 2 heterocycles. The lowest BCUT2D eigenvalue weighted by molar-refractivity contribution is -0.135. The minimum absolute atomic E-state index is 0.0000992. The Morgan fingerprint density at radius 1 is 1.15 bits per heavy atom. The summed E-state index contributed by atoms with van der Waals surface area (Å²) >= 11 is 0. The van der Waals surface area contributed by atoms with E-state index in [0.717, 1.165) is 29.2 Å². The number of carbonyl (C=O) groups is 1. The molecule has 0 N–H and O–H groups in total. The zero-order valence-electron chi connectivity index (χ0n) is 14.7. The highest BCUT2D eigenvalue weighted by Crippen LogP contribution is 2.30. The van der Waals surface area contributed by atoms with E-state index in [0.29, 0.717) is 13.0 Å². The first-order valence-electron chi connectivity index (χ1n) is 8.72. The molecule has 0 fully saturated rings. The van der Waals surface area contributed by atoms with Crippen molar-refractivity contribution in [2.75, 3.05) is 7.11 Å². The second kappa shape index (κ2) is 7.04. The van der Waals surface area contributed by atoms with Crippen LogP contribution in [-0.2, 0) is 24.3 Å². The second-order valence-electron chi connectivity index (χ2n) is 6.43. The molecule has 132 valence electrons. The van der Waals surface area contributed by atoms with Gasteiger partial charge in [-0.2, -0.15) is 0 Å². The zero-order valence-corrected chi connectivity index (χ0v) is 14.7. The summed E-state index contributed by atoms with van der Waals surface area (Å²) in [6.07, 6.45) is 4.09. The number of aromatic nitrogens is 2. The Kier molecular flexibility index (Phi) is 4.44. The Labute approximate surface area is 152 Å². The molecule has 0 radical (unpaired) electrons. The lowest BCUT2D eigenvalue weighted by atomic mass is 10.0. The van der Waals surface area contributed by atoms with Gasteiger partial charge in [0.2, 0.25) is 5.91 Å². The number of ether oxygens (including phenoxy) is 1. The van der Waals surface area contributed by atoms with Crippen molar-refractivity contribution in [3.8, 4) is 5.75 Å². The molecule has 1 aliphatic rings. The predicted molar refractivity (Wildman–Crippen MR) is 98.7 cm³/mol. The first-order chi connectivity index (χ1) is 12.8. The Bertz CT molecular complexity index is 904. The van der Waals surface area contributed by atoms with Crippen LogP contribution in [0.3, 0.4) is 0 Å². The molecule has 4 rings (SSSR count). The number of nitrogens with zero attached hydrogens (tertiary/aromatic N) is 3. The molecule has 5 heteroatoms. The van der Waals surface area contributed by atoms with Crippen molar-refractivity contribution in [1.82, 2.24) is 14.5 Å². The molecule has 1 aliphatic heterocycles. The summed E-state index contributed by atoms with van der Waals surface area (Å²) in [5, 5.41) is 0. The van der Waals surface area contributed by atoms with E-state index >= 15 is 0 Å². The van der Waals surface area contributed by atoms with Crippen LogP contribution < -0.4 is 4.74 Å². The van der Waals surface area contributed by atoms with Crippen molar-refractivity contribution in [3.05, 3.63) is 83.9 Å². The number of benzene rings is 2. The van der Waals surface area contributed by atoms with Crippen molar-refractivity contribution >= 4 is 5.91 Å². The fourth-order valence-corrected chi connectivity index (χ4v) is 3.54. The molecule has 0 unspecified atom stereocenters. The number of methoxy groups -OCH3 is 1. The molecular formula is C21H21N3O2. The first-order valence-corrected chi connectivity index (χ1v) is 8.72. The fourth-order valence-electron chi connectivity index (χ4n) is 3.54. The standard InChI is InChI=1S/C21H21N3O2/c1-26-19-10-6-5-9-17(19)13-21(25)24-15-20-22-11-12-23(20)14-18(24)16-7-3-2-4-8-16/h2-12,18H,13-15H2,1H3/t18-/m1/s1. The minimum Gasteiger partial charge on any atom is -0.496 e. The number of para-hydroxylation sites is 1. The molecule has 2 aromatic carbocycles. The van der Waals surface area contributed by atoms with Crippen LogP contribution in [0.4, 0.5) is 0 Å². The molecule has 0 saturated carbocycles. The SMILES string of the molecule is COc1ccccc1CC(=O)N1Cc2nccn2C[C@@H]1c1ccccc1. The highest BCUT2D eigenvalue weighted by Gasteiger charge is 2.31. The molecule has 5 nitrogen and oxygen atoms in total. The van der Waals surface area contributed by atoms with E-state index in [1.54, 1.807) is 13.3 Å². The van der Waals surface area contributed by atoms with Gasteiger partial charge in [0.05, 0.1) is 26.1 Å². The molecule has 0 saturated heterocycles. The molecule has 1 amide bonds. The number of hydrogen-bond donors (Lipinski definition) is 0. The number of imidazole rings is 1. The van der Waals surface area contributed by atoms with Crippen LogP contribution in [0.15, 0.2) is 67.0 Å². The van der Waals surface area contributed by atoms with E-state index in [1.165, 1.54) is 0 Å². The summed E-state index contributed by atoms with van der Waals surface area (Å²) in [5.41, 5.74) is 2.04. The zero-order chi connectivity index (χ0) is 17.9. The summed E-state index contributed by atoms with van der Waals surface area (Å²) < 4.78 is 7.53. The molecular weight excluding hydrogens is 326 g/mol. The van der Waals surface area contributed by atoms with Crippen LogP contribution in [0.25, 0.3) is 0 Å². The van der Waals surface area contributed by atoms with Crippen LogP contribution in [0.5, 0.6) is 5.75 Å². The molecule has 0 aliphatic carbocycles. The summed E-state index contributed by atoms with van der Waals surface area (Å²) in [6.45, 7) is 1.23. The fraction of sp³-hybridized carbons (Fsp3) is 0.238. The summed E-state index contributed by atoms with van der Waals surface area (Å²) in [5.74, 6) is 1.75. The van der Waals surface area contributed by atoms with Gasteiger partial charge in [-0.3, -0.25) is 4.79 Å². The van der Waals surface area contributed by atoms with Crippen molar-refractivity contribution in [3.63, 3.8) is 0 Å². The van der Waals surface area contributed by atoms with E-state index < -0.39 is 0 Å². The lowest BCUT2D eigenvalue weighted by Crippen LogP contribution is -2.41. The third-order valence-electron chi connectivity index (χ3n) is 4.90. The Balaban J connectivity index is 1.64. The van der Waals surface area contributed by atoms with Crippen LogP contribution in [0.2, 0.25) is 0 Å². The summed E-state index contributed by atoms with van der Waals surface area (Å²) in [7, 11) is 1.63. The van der Waals surface area contributed by atoms with E-state index in [-0.39, 0.29) is 11.9 Å². The maximum absolute atomic E-state index is 13.2. The van der Waals surface area contributed by atoms with Crippen molar-refractivity contribution < 1.29 is 9.53 Å². The lowest BCUT2D eigenvalue weighted by Gasteiger charge is -2.36. The van der Waals surface area contributed by atoms with Crippen molar-refractivity contribution in [2.45, 2.75) is 25.6 Å². The van der Waals surface area contributed by atoms with Gasteiger partial charge in [0.25, 0.3) is 0 Å². The van der Waals surface area contributed by atoms with E-state index in [2.05, 4.69) is 21.7 Å².